The lowest BCUT2D eigenvalue weighted by Crippen LogP contribution is -2.15. The lowest BCUT2D eigenvalue weighted by atomic mass is 9.84. The summed E-state index contributed by atoms with van der Waals surface area (Å²) in [6, 6.07) is 13.9. The van der Waals surface area contributed by atoms with Crippen LogP contribution in [0.25, 0.3) is 5.70 Å². The van der Waals surface area contributed by atoms with Gasteiger partial charge in [-0.1, -0.05) is 38.6 Å². The molecule has 2 aliphatic rings. The first-order chi connectivity index (χ1) is 11.2. The molecule has 1 nitrogen and oxygen atoms in total. The van der Waals surface area contributed by atoms with E-state index in [2.05, 4.69) is 61.7 Å². The Morgan fingerprint density at radius 2 is 2.00 bits per heavy atom. The fourth-order valence-electron chi connectivity index (χ4n) is 4.12. The van der Waals surface area contributed by atoms with Crippen LogP contribution in [0.2, 0.25) is 0 Å². The average molecular weight is 303 g/mol. The number of hydrogen-bond donors (Lipinski definition) is 0. The zero-order chi connectivity index (χ0) is 16.0. The number of rotatable bonds is 2. The summed E-state index contributed by atoms with van der Waals surface area (Å²) in [6.07, 6.45) is 4.95. The van der Waals surface area contributed by atoms with Crippen molar-refractivity contribution < 1.29 is 0 Å². The molecule has 1 heterocycles. The Morgan fingerprint density at radius 1 is 1.13 bits per heavy atom. The van der Waals surface area contributed by atoms with E-state index in [1.54, 1.807) is 11.1 Å². The monoisotopic (exact) mass is 303 g/mol. The van der Waals surface area contributed by atoms with Crippen molar-refractivity contribution in [2.75, 3.05) is 4.90 Å². The zero-order valence-corrected chi connectivity index (χ0v) is 14.2. The van der Waals surface area contributed by atoms with Crippen LogP contribution >= 0.6 is 0 Å². The molecule has 1 aliphatic carbocycles. The van der Waals surface area contributed by atoms with Crippen LogP contribution in [0.4, 0.5) is 5.69 Å². The molecule has 0 saturated heterocycles. The Morgan fingerprint density at radius 3 is 2.83 bits per heavy atom. The molecule has 0 N–H and O–H groups in total. The third-order valence-corrected chi connectivity index (χ3v) is 5.60. The van der Waals surface area contributed by atoms with Crippen molar-refractivity contribution >= 4 is 11.4 Å². The maximum atomic E-state index is 4.38. The summed E-state index contributed by atoms with van der Waals surface area (Å²) in [5.74, 6) is 0.707. The maximum Gasteiger partial charge on any atom is 0.0488 e. The fourth-order valence-corrected chi connectivity index (χ4v) is 4.12. The van der Waals surface area contributed by atoms with Gasteiger partial charge in [0.05, 0.1) is 0 Å². The molecule has 23 heavy (non-hydrogen) atoms. The van der Waals surface area contributed by atoms with Crippen LogP contribution in [0.5, 0.6) is 0 Å². The van der Waals surface area contributed by atoms with E-state index >= 15 is 0 Å². The molecule has 2 aromatic rings. The van der Waals surface area contributed by atoms with Gasteiger partial charge in [0.2, 0.25) is 0 Å². The van der Waals surface area contributed by atoms with Gasteiger partial charge in [-0.05, 0) is 72.1 Å². The van der Waals surface area contributed by atoms with Crippen molar-refractivity contribution in [3.05, 3.63) is 70.8 Å². The van der Waals surface area contributed by atoms with Crippen LogP contribution in [-0.4, -0.2) is 0 Å². The SMILES string of the molecule is C=C1c2cc(CC)ccc2CN1c1ccc2c(c1)CCCC2C. The zero-order valence-electron chi connectivity index (χ0n) is 14.2. The Labute approximate surface area is 139 Å². The van der Waals surface area contributed by atoms with Crippen LogP contribution in [0.3, 0.4) is 0 Å². The van der Waals surface area contributed by atoms with Crippen molar-refractivity contribution in [3.63, 3.8) is 0 Å². The first-order valence-corrected chi connectivity index (χ1v) is 8.89. The fraction of sp³-hybridized carbons (Fsp3) is 0.364. The van der Waals surface area contributed by atoms with E-state index in [4.69, 9.17) is 0 Å². The molecule has 0 spiro atoms. The van der Waals surface area contributed by atoms with Gasteiger partial charge in [-0.3, -0.25) is 0 Å². The highest BCUT2D eigenvalue weighted by atomic mass is 15.2. The molecular weight excluding hydrogens is 278 g/mol. The van der Waals surface area contributed by atoms with Gasteiger partial charge in [0, 0.05) is 23.5 Å². The van der Waals surface area contributed by atoms with Crippen molar-refractivity contribution in [1.29, 1.82) is 0 Å². The van der Waals surface area contributed by atoms with Crippen LogP contribution < -0.4 is 4.90 Å². The Hall–Kier alpha value is -2.02. The maximum absolute atomic E-state index is 4.38. The minimum atomic E-state index is 0.707. The lowest BCUT2D eigenvalue weighted by molar-refractivity contribution is 0.590. The summed E-state index contributed by atoms with van der Waals surface area (Å²) in [4.78, 5) is 2.38. The van der Waals surface area contributed by atoms with Gasteiger partial charge in [0.25, 0.3) is 0 Å². The molecule has 4 rings (SSSR count). The van der Waals surface area contributed by atoms with E-state index in [9.17, 15) is 0 Å². The first-order valence-electron chi connectivity index (χ1n) is 8.89. The van der Waals surface area contributed by atoms with Gasteiger partial charge in [0.1, 0.15) is 0 Å². The van der Waals surface area contributed by atoms with Crippen LogP contribution in [0, 0.1) is 0 Å². The lowest BCUT2D eigenvalue weighted by Gasteiger charge is -2.26. The van der Waals surface area contributed by atoms with E-state index in [0.29, 0.717) is 5.92 Å². The Balaban J connectivity index is 1.69. The number of benzene rings is 2. The van der Waals surface area contributed by atoms with Crippen molar-refractivity contribution in [3.8, 4) is 0 Å². The summed E-state index contributed by atoms with van der Waals surface area (Å²) in [5, 5.41) is 0. The smallest absolute Gasteiger partial charge is 0.0488 e. The molecule has 0 bridgehead atoms. The first kappa shape index (κ1) is 14.6. The second-order valence-electron chi connectivity index (χ2n) is 7.05. The number of hydrogen-bond acceptors (Lipinski definition) is 1. The van der Waals surface area contributed by atoms with Crippen LogP contribution in [0.1, 0.15) is 60.4 Å². The molecule has 0 saturated carbocycles. The minimum Gasteiger partial charge on any atom is -0.337 e. The highest BCUT2D eigenvalue weighted by Crippen LogP contribution is 2.39. The van der Waals surface area contributed by atoms with Crippen molar-refractivity contribution in [2.45, 2.75) is 52.0 Å². The Kier molecular flexibility index (Phi) is 3.52. The predicted octanol–water partition coefficient (Wildman–Crippen LogP) is 5.68. The second-order valence-corrected chi connectivity index (χ2v) is 7.05. The molecule has 0 radical (unpaired) electrons. The van der Waals surface area contributed by atoms with Gasteiger partial charge in [0.15, 0.2) is 0 Å². The molecule has 2 aromatic carbocycles. The molecule has 1 heteroatoms. The topological polar surface area (TPSA) is 3.24 Å². The molecule has 0 aromatic heterocycles. The molecule has 0 fully saturated rings. The van der Waals surface area contributed by atoms with Crippen molar-refractivity contribution in [2.24, 2.45) is 0 Å². The van der Waals surface area contributed by atoms with Gasteiger partial charge < -0.3 is 4.90 Å². The van der Waals surface area contributed by atoms with Crippen LogP contribution in [-0.2, 0) is 19.4 Å². The normalized spacial score (nSPS) is 19.7. The van der Waals surface area contributed by atoms with E-state index in [1.807, 2.05) is 0 Å². The number of nitrogens with zero attached hydrogens (tertiary/aromatic N) is 1. The van der Waals surface area contributed by atoms with E-state index in [1.165, 1.54) is 41.6 Å². The van der Waals surface area contributed by atoms with Gasteiger partial charge in [-0.25, -0.2) is 0 Å². The quantitative estimate of drug-likeness (QED) is 0.690. The standard InChI is InChI=1S/C22H25N/c1-4-17-8-9-19-14-23(16(3)22(19)12-17)20-10-11-21-15(2)6-5-7-18(21)13-20/h8-13,15H,3-7,14H2,1-2H3. The third-order valence-electron chi connectivity index (χ3n) is 5.60. The average Bonchev–Trinajstić information content (AvgIpc) is 2.91. The van der Waals surface area contributed by atoms with Gasteiger partial charge >= 0.3 is 0 Å². The number of aryl methyl sites for hydroxylation is 2. The summed E-state index contributed by atoms with van der Waals surface area (Å²) in [7, 11) is 0. The summed E-state index contributed by atoms with van der Waals surface area (Å²) >= 11 is 0. The van der Waals surface area contributed by atoms with Crippen LogP contribution in [0.15, 0.2) is 43.0 Å². The molecule has 1 unspecified atom stereocenters. The summed E-state index contributed by atoms with van der Waals surface area (Å²) in [5.41, 5.74) is 9.67. The van der Waals surface area contributed by atoms with Gasteiger partial charge in [-0.15, -0.1) is 0 Å². The molecule has 1 aliphatic heterocycles. The van der Waals surface area contributed by atoms with E-state index in [0.717, 1.165) is 18.7 Å². The highest BCUT2D eigenvalue weighted by molar-refractivity contribution is 5.84. The molecular formula is C22H25N. The number of fused-ring (bicyclic) bond motifs is 2. The third kappa shape index (κ3) is 2.39. The Bertz CT molecular complexity index is 772. The van der Waals surface area contributed by atoms with Gasteiger partial charge in [-0.2, -0.15) is 0 Å². The summed E-state index contributed by atoms with van der Waals surface area (Å²) in [6.45, 7) is 9.90. The van der Waals surface area contributed by atoms with Crippen molar-refractivity contribution in [1.82, 2.24) is 0 Å². The predicted molar refractivity (Wildman–Crippen MR) is 98.8 cm³/mol. The molecule has 0 amide bonds. The second kappa shape index (κ2) is 5.56. The summed E-state index contributed by atoms with van der Waals surface area (Å²) < 4.78 is 0. The largest absolute Gasteiger partial charge is 0.337 e. The van der Waals surface area contributed by atoms with E-state index in [-0.39, 0.29) is 0 Å². The van der Waals surface area contributed by atoms with E-state index < -0.39 is 0 Å². The molecule has 1 atom stereocenters. The molecule has 118 valence electrons. The minimum absolute atomic E-state index is 0.707. The number of anilines is 1. The highest BCUT2D eigenvalue weighted by Gasteiger charge is 2.25.